The van der Waals surface area contributed by atoms with Gasteiger partial charge in [0.1, 0.15) is 23.1 Å². The minimum Gasteiger partial charge on any atom is -0.456 e. The summed E-state index contributed by atoms with van der Waals surface area (Å²) >= 11 is 0. The molecule has 2 rings (SSSR count). The molecule has 5 nitrogen and oxygen atoms in total. The number of benzene rings is 2. The van der Waals surface area contributed by atoms with Crippen LogP contribution in [0.25, 0.3) is 0 Å². The van der Waals surface area contributed by atoms with Crippen molar-refractivity contribution >= 4 is 5.69 Å². The third-order valence-electron chi connectivity index (χ3n) is 3.06. The van der Waals surface area contributed by atoms with Gasteiger partial charge in [0.05, 0.1) is 4.92 Å². The van der Waals surface area contributed by atoms with Crippen LogP contribution in [0.5, 0.6) is 11.5 Å². The van der Waals surface area contributed by atoms with Gasteiger partial charge in [-0.15, -0.1) is 0 Å². The smallest absolute Gasteiger partial charge is 0.271 e. The molecule has 0 spiro atoms. The molecule has 0 bridgehead atoms. The Balaban J connectivity index is 2.41. The molecule has 0 aliphatic carbocycles. The normalized spacial score (nSPS) is 10.2. The number of nitro benzene ring substituents is 1. The topological polar surface area (TPSA) is 76.2 Å². The van der Waals surface area contributed by atoms with Crippen LogP contribution in [0.2, 0.25) is 0 Å². The van der Waals surface area contributed by atoms with E-state index in [-0.39, 0.29) is 17.2 Å². The van der Waals surface area contributed by atoms with Gasteiger partial charge in [-0.05, 0) is 23.6 Å². The molecule has 0 atom stereocenters. The summed E-state index contributed by atoms with van der Waals surface area (Å²) in [5.41, 5.74) is 1.03. The molecule has 0 N–H and O–H groups in total. The molecule has 0 unspecified atom stereocenters. The highest BCUT2D eigenvalue weighted by molar-refractivity contribution is 5.52. The molecular formula is C16H14N2O3. The summed E-state index contributed by atoms with van der Waals surface area (Å²) < 4.78 is 5.78. The first-order valence-electron chi connectivity index (χ1n) is 6.48. The summed E-state index contributed by atoms with van der Waals surface area (Å²) in [7, 11) is 0. The zero-order valence-electron chi connectivity index (χ0n) is 11.7. The summed E-state index contributed by atoms with van der Waals surface area (Å²) in [4.78, 5) is 10.2. The van der Waals surface area contributed by atoms with E-state index in [9.17, 15) is 10.1 Å². The number of ether oxygens (including phenoxy) is 1. The number of hydrogen-bond acceptors (Lipinski definition) is 4. The van der Waals surface area contributed by atoms with Gasteiger partial charge in [0.2, 0.25) is 0 Å². The van der Waals surface area contributed by atoms with Crippen LogP contribution in [0.1, 0.15) is 30.9 Å². The summed E-state index contributed by atoms with van der Waals surface area (Å²) in [6.45, 7) is 4.09. The monoisotopic (exact) mass is 282 g/mol. The van der Waals surface area contributed by atoms with Crippen molar-refractivity contribution in [2.24, 2.45) is 0 Å². The van der Waals surface area contributed by atoms with Crippen LogP contribution in [0.15, 0.2) is 42.5 Å². The molecule has 0 aliphatic rings. The number of para-hydroxylation sites is 1. The lowest BCUT2D eigenvalue weighted by Crippen LogP contribution is -1.96. The summed E-state index contributed by atoms with van der Waals surface area (Å²) in [6, 6.07) is 13.5. The van der Waals surface area contributed by atoms with Gasteiger partial charge in [-0.1, -0.05) is 32.0 Å². The molecule has 106 valence electrons. The number of non-ortho nitro benzene ring substituents is 1. The Morgan fingerprint density at radius 3 is 2.52 bits per heavy atom. The Labute approximate surface area is 122 Å². The Kier molecular flexibility index (Phi) is 4.19. The van der Waals surface area contributed by atoms with Crippen molar-refractivity contribution in [1.82, 2.24) is 0 Å². The zero-order valence-corrected chi connectivity index (χ0v) is 11.7. The second kappa shape index (κ2) is 6.06. The first-order valence-corrected chi connectivity index (χ1v) is 6.48. The van der Waals surface area contributed by atoms with Gasteiger partial charge in [0.25, 0.3) is 5.69 Å². The van der Waals surface area contributed by atoms with Crippen molar-refractivity contribution in [3.05, 3.63) is 63.7 Å². The molecule has 0 saturated heterocycles. The van der Waals surface area contributed by atoms with Crippen molar-refractivity contribution < 1.29 is 9.66 Å². The van der Waals surface area contributed by atoms with Gasteiger partial charge in [0.15, 0.2) is 0 Å². The van der Waals surface area contributed by atoms with Crippen molar-refractivity contribution in [1.29, 1.82) is 5.26 Å². The highest BCUT2D eigenvalue weighted by atomic mass is 16.6. The first kappa shape index (κ1) is 14.5. The number of nitro groups is 1. The predicted octanol–water partition coefficient (Wildman–Crippen LogP) is 4.38. The molecule has 0 radical (unpaired) electrons. The molecule has 2 aromatic carbocycles. The van der Waals surface area contributed by atoms with Crippen LogP contribution >= 0.6 is 0 Å². The highest BCUT2D eigenvalue weighted by Gasteiger charge is 2.14. The number of hydrogen-bond donors (Lipinski definition) is 0. The molecular weight excluding hydrogens is 268 g/mol. The molecule has 0 amide bonds. The van der Waals surface area contributed by atoms with Crippen LogP contribution < -0.4 is 4.74 Å². The van der Waals surface area contributed by atoms with E-state index in [1.54, 1.807) is 0 Å². The number of nitrogens with zero attached hydrogens (tertiary/aromatic N) is 2. The number of nitriles is 1. The van der Waals surface area contributed by atoms with Gasteiger partial charge in [0, 0.05) is 12.1 Å². The van der Waals surface area contributed by atoms with E-state index >= 15 is 0 Å². The number of rotatable bonds is 4. The van der Waals surface area contributed by atoms with Gasteiger partial charge in [-0.25, -0.2) is 0 Å². The summed E-state index contributed by atoms with van der Waals surface area (Å²) in [5, 5.41) is 19.9. The maximum atomic E-state index is 10.7. The van der Waals surface area contributed by atoms with Crippen LogP contribution in [-0.2, 0) is 0 Å². The van der Waals surface area contributed by atoms with Crippen molar-refractivity contribution in [3.8, 4) is 17.6 Å². The van der Waals surface area contributed by atoms with E-state index in [1.807, 2.05) is 44.2 Å². The Hall–Kier alpha value is -2.87. The minimum absolute atomic E-state index is 0.129. The second-order valence-corrected chi connectivity index (χ2v) is 4.84. The Morgan fingerprint density at radius 1 is 1.19 bits per heavy atom. The Bertz CT molecular complexity index is 718. The van der Waals surface area contributed by atoms with Crippen LogP contribution in [0.4, 0.5) is 5.69 Å². The molecule has 21 heavy (non-hydrogen) atoms. The van der Waals surface area contributed by atoms with Crippen molar-refractivity contribution in [3.63, 3.8) is 0 Å². The Morgan fingerprint density at radius 2 is 1.90 bits per heavy atom. The van der Waals surface area contributed by atoms with Gasteiger partial charge in [-0.2, -0.15) is 5.26 Å². The predicted molar refractivity (Wildman–Crippen MR) is 78.4 cm³/mol. The van der Waals surface area contributed by atoms with Gasteiger partial charge in [-0.3, -0.25) is 10.1 Å². The summed E-state index contributed by atoms with van der Waals surface area (Å²) in [6.07, 6.45) is 0. The SMILES string of the molecule is CC(C)c1ccccc1Oc1ccc([N+](=O)[O-])cc1C#N. The van der Waals surface area contributed by atoms with E-state index in [4.69, 9.17) is 10.00 Å². The highest BCUT2D eigenvalue weighted by Crippen LogP contribution is 2.33. The zero-order chi connectivity index (χ0) is 15.4. The third-order valence-corrected chi connectivity index (χ3v) is 3.06. The van der Waals surface area contributed by atoms with E-state index in [2.05, 4.69) is 0 Å². The first-order chi connectivity index (χ1) is 10.0. The van der Waals surface area contributed by atoms with E-state index in [0.29, 0.717) is 11.5 Å². The standard InChI is InChI=1S/C16H14N2O3/c1-11(2)14-5-3-4-6-16(14)21-15-8-7-13(18(19)20)9-12(15)10-17/h3-9,11H,1-2H3. The van der Waals surface area contributed by atoms with Crippen LogP contribution in [0, 0.1) is 21.4 Å². The molecule has 0 heterocycles. The fraction of sp³-hybridized carbons (Fsp3) is 0.188. The molecule has 0 saturated carbocycles. The average Bonchev–Trinajstić information content (AvgIpc) is 2.47. The quantitative estimate of drug-likeness (QED) is 0.615. The lowest BCUT2D eigenvalue weighted by atomic mass is 10.0. The van der Waals surface area contributed by atoms with E-state index in [0.717, 1.165) is 5.56 Å². The van der Waals surface area contributed by atoms with Crippen LogP contribution in [0.3, 0.4) is 0 Å². The minimum atomic E-state index is -0.535. The maximum Gasteiger partial charge on any atom is 0.271 e. The van der Waals surface area contributed by atoms with Gasteiger partial charge < -0.3 is 4.74 Å². The van der Waals surface area contributed by atoms with Crippen molar-refractivity contribution in [2.75, 3.05) is 0 Å². The molecule has 5 heteroatoms. The maximum absolute atomic E-state index is 10.7. The fourth-order valence-corrected chi connectivity index (χ4v) is 1.98. The lowest BCUT2D eigenvalue weighted by molar-refractivity contribution is -0.384. The lowest BCUT2D eigenvalue weighted by Gasteiger charge is -2.14. The van der Waals surface area contributed by atoms with E-state index in [1.165, 1.54) is 18.2 Å². The average molecular weight is 282 g/mol. The molecule has 2 aromatic rings. The van der Waals surface area contributed by atoms with Crippen LogP contribution in [-0.4, -0.2) is 4.92 Å². The molecule has 0 aliphatic heterocycles. The van der Waals surface area contributed by atoms with Gasteiger partial charge >= 0.3 is 0 Å². The molecule has 0 fully saturated rings. The summed E-state index contributed by atoms with van der Waals surface area (Å²) in [5.74, 6) is 1.24. The largest absolute Gasteiger partial charge is 0.456 e. The second-order valence-electron chi connectivity index (χ2n) is 4.84. The van der Waals surface area contributed by atoms with E-state index < -0.39 is 4.92 Å². The fourth-order valence-electron chi connectivity index (χ4n) is 1.98. The molecule has 0 aromatic heterocycles. The third kappa shape index (κ3) is 3.18. The van der Waals surface area contributed by atoms with Crippen molar-refractivity contribution in [2.45, 2.75) is 19.8 Å².